The van der Waals surface area contributed by atoms with Crippen molar-refractivity contribution in [1.29, 1.82) is 0 Å². The average Bonchev–Trinajstić information content (AvgIpc) is 2.21. The Morgan fingerprint density at radius 3 is 2.75 bits per heavy atom. The highest BCUT2D eigenvalue weighted by Crippen LogP contribution is 2.19. The molecule has 0 spiro atoms. The van der Waals surface area contributed by atoms with Crippen LogP contribution in [0, 0.1) is 6.92 Å². The Morgan fingerprint density at radius 2 is 2.19 bits per heavy atom. The average molecular weight is 224 g/mol. The first-order valence-electron chi connectivity index (χ1n) is 5.15. The van der Waals surface area contributed by atoms with Crippen molar-refractivity contribution in [3.63, 3.8) is 0 Å². The van der Waals surface area contributed by atoms with Crippen LogP contribution in [-0.2, 0) is 16.1 Å². The lowest BCUT2D eigenvalue weighted by Crippen LogP contribution is -2.06. The van der Waals surface area contributed by atoms with E-state index in [4.69, 9.17) is 14.6 Å². The lowest BCUT2D eigenvalue weighted by molar-refractivity contribution is -0.142. The Hall–Kier alpha value is -1.55. The third kappa shape index (κ3) is 3.90. The molecule has 0 radical (unpaired) electrons. The smallest absolute Gasteiger partial charge is 0.329 e. The van der Waals surface area contributed by atoms with Gasteiger partial charge in [-0.25, -0.2) is 4.79 Å². The van der Waals surface area contributed by atoms with Gasteiger partial charge in [0.15, 0.2) is 0 Å². The summed E-state index contributed by atoms with van der Waals surface area (Å²) in [4.78, 5) is 10.3. The number of rotatable bonds is 6. The van der Waals surface area contributed by atoms with Crippen molar-refractivity contribution in [3.05, 3.63) is 29.3 Å². The summed E-state index contributed by atoms with van der Waals surface area (Å²) in [5.74, 6) is -0.104. The zero-order valence-electron chi connectivity index (χ0n) is 9.53. The van der Waals surface area contributed by atoms with Crippen LogP contribution in [0.2, 0.25) is 0 Å². The first kappa shape index (κ1) is 12.5. The van der Waals surface area contributed by atoms with E-state index >= 15 is 0 Å². The fourth-order valence-electron chi connectivity index (χ4n) is 1.37. The van der Waals surface area contributed by atoms with E-state index in [9.17, 15) is 4.79 Å². The number of carboxylic acids is 1. The van der Waals surface area contributed by atoms with Gasteiger partial charge in [0, 0.05) is 0 Å². The largest absolute Gasteiger partial charge is 0.494 e. The fourth-order valence-corrected chi connectivity index (χ4v) is 1.37. The molecule has 0 bridgehead atoms. The van der Waals surface area contributed by atoms with E-state index in [0.717, 1.165) is 16.9 Å². The number of carbonyl (C=O) groups is 1. The van der Waals surface area contributed by atoms with Crippen molar-refractivity contribution in [2.75, 3.05) is 13.2 Å². The van der Waals surface area contributed by atoms with Crippen LogP contribution in [0.5, 0.6) is 5.75 Å². The maximum absolute atomic E-state index is 10.3. The monoisotopic (exact) mass is 224 g/mol. The van der Waals surface area contributed by atoms with E-state index < -0.39 is 5.97 Å². The minimum atomic E-state index is -0.956. The highest BCUT2D eigenvalue weighted by molar-refractivity contribution is 5.67. The van der Waals surface area contributed by atoms with Gasteiger partial charge < -0.3 is 14.6 Å². The summed E-state index contributed by atoms with van der Waals surface area (Å²) in [7, 11) is 0. The number of aryl methyl sites for hydroxylation is 1. The third-order valence-electron chi connectivity index (χ3n) is 2.03. The van der Waals surface area contributed by atoms with Crippen molar-refractivity contribution in [2.24, 2.45) is 0 Å². The van der Waals surface area contributed by atoms with Crippen LogP contribution in [0.3, 0.4) is 0 Å². The molecule has 0 aliphatic rings. The zero-order valence-corrected chi connectivity index (χ0v) is 9.53. The van der Waals surface area contributed by atoms with Gasteiger partial charge in [-0.3, -0.25) is 0 Å². The van der Waals surface area contributed by atoms with Gasteiger partial charge in [0.1, 0.15) is 12.4 Å². The summed E-state index contributed by atoms with van der Waals surface area (Å²) in [6.45, 7) is 4.55. The van der Waals surface area contributed by atoms with E-state index in [-0.39, 0.29) is 6.61 Å². The second-order valence-electron chi connectivity index (χ2n) is 3.42. The van der Waals surface area contributed by atoms with Crippen LogP contribution >= 0.6 is 0 Å². The predicted octanol–water partition coefficient (Wildman–Crippen LogP) is 1.99. The normalized spacial score (nSPS) is 10.1. The Labute approximate surface area is 94.8 Å². The van der Waals surface area contributed by atoms with E-state index in [1.807, 2.05) is 32.0 Å². The Kier molecular flexibility index (Phi) is 4.79. The number of aliphatic carboxylic acids is 1. The van der Waals surface area contributed by atoms with Crippen LogP contribution < -0.4 is 4.74 Å². The third-order valence-corrected chi connectivity index (χ3v) is 2.03. The molecule has 4 heteroatoms. The molecule has 0 saturated heterocycles. The maximum atomic E-state index is 10.3. The van der Waals surface area contributed by atoms with Crippen molar-refractivity contribution in [3.8, 4) is 5.75 Å². The molecule has 16 heavy (non-hydrogen) atoms. The summed E-state index contributed by atoms with van der Waals surface area (Å²) in [6, 6.07) is 5.69. The molecule has 1 N–H and O–H groups in total. The molecule has 0 aliphatic carbocycles. The van der Waals surface area contributed by atoms with Gasteiger partial charge >= 0.3 is 5.97 Å². The number of ether oxygens (including phenoxy) is 2. The number of hydrogen-bond acceptors (Lipinski definition) is 3. The van der Waals surface area contributed by atoms with Crippen molar-refractivity contribution in [2.45, 2.75) is 20.5 Å². The molecule has 1 aromatic rings. The van der Waals surface area contributed by atoms with Crippen LogP contribution in [0.1, 0.15) is 18.1 Å². The van der Waals surface area contributed by atoms with Gasteiger partial charge in [-0.05, 0) is 31.0 Å². The van der Waals surface area contributed by atoms with Crippen molar-refractivity contribution in [1.82, 2.24) is 0 Å². The van der Waals surface area contributed by atoms with Crippen LogP contribution in [0.15, 0.2) is 18.2 Å². The SMILES string of the molecule is CCOc1ccc(COCC(=O)O)cc1C. The summed E-state index contributed by atoms with van der Waals surface area (Å²) >= 11 is 0. The summed E-state index contributed by atoms with van der Waals surface area (Å²) in [5.41, 5.74) is 1.97. The van der Waals surface area contributed by atoms with E-state index in [1.54, 1.807) is 0 Å². The quantitative estimate of drug-likeness (QED) is 0.802. The molecule has 88 valence electrons. The van der Waals surface area contributed by atoms with Gasteiger partial charge in [-0.15, -0.1) is 0 Å². The van der Waals surface area contributed by atoms with Crippen LogP contribution in [0.25, 0.3) is 0 Å². The van der Waals surface area contributed by atoms with Gasteiger partial charge in [-0.1, -0.05) is 12.1 Å². The zero-order chi connectivity index (χ0) is 12.0. The molecule has 0 amide bonds. The highest BCUT2D eigenvalue weighted by atomic mass is 16.5. The summed E-state index contributed by atoms with van der Waals surface area (Å²) in [6.07, 6.45) is 0. The molecule has 1 aromatic carbocycles. The second kappa shape index (κ2) is 6.12. The molecule has 0 heterocycles. The first-order chi connectivity index (χ1) is 7.63. The van der Waals surface area contributed by atoms with Crippen molar-refractivity contribution >= 4 is 5.97 Å². The summed E-state index contributed by atoms with van der Waals surface area (Å²) in [5, 5.41) is 8.42. The molecule has 0 saturated carbocycles. The van der Waals surface area contributed by atoms with Crippen molar-refractivity contribution < 1.29 is 19.4 Å². The molecule has 0 fully saturated rings. The topological polar surface area (TPSA) is 55.8 Å². The number of benzene rings is 1. The number of hydrogen-bond donors (Lipinski definition) is 1. The molecule has 4 nitrogen and oxygen atoms in total. The molecule has 1 rings (SSSR count). The molecule has 0 unspecified atom stereocenters. The Balaban J connectivity index is 2.55. The lowest BCUT2D eigenvalue weighted by Gasteiger charge is -2.08. The molecule has 0 aromatic heterocycles. The van der Waals surface area contributed by atoms with Gasteiger partial charge in [0.25, 0.3) is 0 Å². The Morgan fingerprint density at radius 1 is 1.44 bits per heavy atom. The standard InChI is InChI=1S/C12H16O4/c1-3-16-11-5-4-10(6-9(11)2)7-15-8-12(13)14/h4-6H,3,7-8H2,1-2H3,(H,13,14). The predicted molar refractivity (Wildman–Crippen MR) is 59.6 cm³/mol. The first-order valence-corrected chi connectivity index (χ1v) is 5.15. The van der Waals surface area contributed by atoms with E-state index in [0.29, 0.717) is 13.2 Å². The van der Waals surface area contributed by atoms with E-state index in [2.05, 4.69) is 0 Å². The van der Waals surface area contributed by atoms with Gasteiger partial charge in [0.05, 0.1) is 13.2 Å². The second-order valence-corrected chi connectivity index (χ2v) is 3.42. The minimum Gasteiger partial charge on any atom is -0.494 e. The molecular formula is C12H16O4. The summed E-state index contributed by atoms with van der Waals surface area (Å²) < 4.78 is 10.4. The van der Waals surface area contributed by atoms with Gasteiger partial charge in [-0.2, -0.15) is 0 Å². The maximum Gasteiger partial charge on any atom is 0.329 e. The molecule has 0 atom stereocenters. The lowest BCUT2D eigenvalue weighted by atomic mass is 10.1. The van der Waals surface area contributed by atoms with Gasteiger partial charge in [0.2, 0.25) is 0 Å². The van der Waals surface area contributed by atoms with Crippen LogP contribution in [-0.4, -0.2) is 24.3 Å². The van der Waals surface area contributed by atoms with Crippen LogP contribution in [0.4, 0.5) is 0 Å². The highest BCUT2D eigenvalue weighted by Gasteiger charge is 2.02. The molecule has 0 aliphatic heterocycles. The Bertz CT molecular complexity index is 360. The minimum absolute atomic E-state index is 0.272. The fraction of sp³-hybridized carbons (Fsp3) is 0.417. The molecular weight excluding hydrogens is 208 g/mol. The van der Waals surface area contributed by atoms with E-state index in [1.165, 1.54) is 0 Å². The number of carboxylic acid groups (broad SMARTS) is 1.